The maximum Gasteiger partial charge on any atom is 0.337 e. The summed E-state index contributed by atoms with van der Waals surface area (Å²) in [5.74, 6) is -0.121. The van der Waals surface area contributed by atoms with Gasteiger partial charge in [0, 0.05) is 0 Å². The second kappa shape index (κ2) is 9.18. The first-order valence-electron chi connectivity index (χ1n) is 9.55. The summed E-state index contributed by atoms with van der Waals surface area (Å²) in [4.78, 5) is 23.6. The smallest absolute Gasteiger partial charge is 0.337 e. The fourth-order valence-electron chi connectivity index (χ4n) is 3.90. The van der Waals surface area contributed by atoms with E-state index in [9.17, 15) is 9.59 Å². The highest BCUT2D eigenvalue weighted by Gasteiger charge is 2.21. The van der Waals surface area contributed by atoms with Crippen molar-refractivity contribution in [2.45, 2.75) is 50.4 Å². The van der Waals surface area contributed by atoms with Crippen molar-refractivity contribution in [1.29, 1.82) is 0 Å². The van der Waals surface area contributed by atoms with Crippen molar-refractivity contribution in [3.63, 3.8) is 0 Å². The van der Waals surface area contributed by atoms with E-state index < -0.39 is 5.92 Å². The average molecular weight is 385 g/mol. The van der Waals surface area contributed by atoms with Crippen molar-refractivity contribution in [2.24, 2.45) is 0 Å². The van der Waals surface area contributed by atoms with E-state index in [0.717, 1.165) is 11.1 Å². The van der Waals surface area contributed by atoms with Crippen LogP contribution >= 0.6 is 11.6 Å². The van der Waals surface area contributed by atoms with Crippen LogP contribution < -0.4 is 0 Å². The summed E-state index contributed by atoms with van der Waals surface area (Å²) in [6.07, 6.45) is 6.96. The van der Waals surface area contributed by atoms with Crippen molar-refractivity contribution in [2.75, 3.05) is 7.11 Å². The monoisotopic (exact) mass is 384 g/mol. The third kappa shape index (κ3) is 4.98. The Morgan fingerprint density at radius 1 is 1.00 bits per heavy atom. The number of methoxy groups -OCH3 is 1. The van der Waals surface area contributed by atoms with E-state index >= 15 is 0 Å². The van der Waals surface area contributed by atoms with Crippen molar-refractivity contribution < 1.29 is 14.3 Å². The summed E-state index contributed by atoms with van der Waals surface area (Å²) in [6.45, 7) is 0. The summed E-state index contributed by atoms with van der Waals surface area (Å²) < 4.78 is 4.71. The molecule has 27 heavy (non-hydrogen) atoms. The van der Waals surface area contributed by atoms with Crippen LogP contribution in [0.2, 0.25) is 0 Å². The van der Waals surface area contributed by atoms with Gasteiger partial charge in [-0.05, 0) is 65.6 Å². The van der Waals surface area contributed by atoms with Gasteiger partial charge in [-0.3, -0.25) is 4.79 Å². The van der Waals surface area contributed by atoms with Crippen LogP contribution in [0, 0.1) is 0 Å². The lowest BCUT2D eigenvalue weighted by Gasteiger charge is -2.22. The SMILES string of the molecule is COC(=O)c1ccc(CC(C(=O)Cl)c2ccc(C3CCCCC3)cc2)cc1. The Labute approximate surface area is 165 Å². The summed E-state index contributed by atoms with van der Waals surface area (Å²) in [5, 5.41) is -0.363. The molecule has 142 valence electrons. The number of halogens is 1. The van der Waals surface area contributed by atoms with Gasteiger partial charge in [-0.25, -0.2) is 4.79 Å². The summed E-state index contributed by atoms with van der Waals surface area (Å²) in [5.41, 5.74) is 3.75. The standard InChI is InChI=1S/C23H25ClO3/c1-27-23(26)20-9-7-16(8-10-20)15-21(22(24)25)19-13-11-18(12-14-19)17-5-3-2-4-6-17/h7-14,17,21H,2-6,15H2,1H3. The third-order valence-corrected chi connectivity index (χ3v) is 5.77. The maximum atomic E-state index is 12.0. The number of hydrogen-bond donors (Lipinski definition) is 0. The molecular formula is C23H25ClO3. The molecular weight excluding hydrogens is 360 g/mol. The van der Waals surface area contributed by atoms with Gasteiger partial charge in [-0.1, -0.05) is 55.7 Å². The van der Waals surface area contributed by atoms with Gasteiger partial charge in [0.1, 0.15) is 0 Å². The average Bonchev–Trinajstić information content (AvgIpc) is 2.72. The number of ether oxygens (including phenoxy) is 1. The van der Waals surface area contributed by atoms with Gasteiger partial charge < -0.3 is 4.74 Å². The quantitative estimate of drug-likeness (QED) is 0.480. The molecule has 0 amide bonds. The summed E-state index contributed by atoms with van der Waals surface area (Å²) >= 11 is 5.91. The molecule has 0 aromatic heterocycles. The molecule has 1 aliphatic carbocycles. The van der Waals surface area contributed by atoms with Gasteiger partial charge in [0.05, 0.1) is 18.6 Å². The molecule has 2 aromatic rings. The second-order valence-corrected chi connectivity index (χ2v) is 7.62. The van der Waals surface area contributed by atoms with Crippen LogP contribution in [-0.4, -0.2) is 18.3 Å². The minimum absolute atomic E-state index is 0.363. The molecule has 0 saturated heterocycles. The molecule has 1 atom stereocenters. The normalized spacial score (nSPS) is 15.9. The number of carbonyl (C=O) groups excluding carboxylic acids is 2. The molecule has 3 nitrogen and oxygen atoms in total. The van der Waals surface area contributed by atoms with Crippen LogP contribution in [0.5, 0.6) is 0 Å². The van der Waals surface area contributed by atoms with E-state index in [-0.39, 0.29) is 11.2 Å². The number of carbonyl (C=O) groups is 2. The molecule has 0 spiro atoms. The Kier molecular flexibility index (Phi) is 6.68. The number of benzene rings is 2. The van der Waals surface area contributed by atoms with Crippen LogP contribution in [0.1, 0.15) is 71.0 Å². The molecule has 0 heterocycles. The lowest BCUT2D eigenvalue weighted by atomic mass is 9.83. The van der Waals surface area contributed by atoms with Gasteiger partial charge in [0.2, 0.25) is 5.24 Å². The zero-order valence-electron chi connectivity index (χ0n) is 15.6. The third-order valence-electron chi connectivity index (χ3n) is 5.50. The van der Waals surface area contributed by atoms with Crippen LogP contribution in [-0.2, 0) is 16.0 Å². The number of rotatable bonds is 6. The molecule has 1 aliphatic rings. The minimum Gasteiger partial charge on any atom is -0.465 e. The highest BCUT2D eigenvalue weighted by atomic mass is 35.5. The van der Waals surface area contributed by atoms with E-state index in [0.29, 0.717) is 17.9 Å². The highest BCUT2D eigenvalue weighted by molar-refractivity contribution is 6.64. The van der Waals surface area contributed by atoms with Crippen LogP contribution in [0.4, 0.5) is 0 Å². The Hall–Kier alpha value is -2.13. The number of esters is 1. The van der Waals surface area contributed by atoms with Gasteiger partial charge in [0.25, 0.3) is 0 Å². The molecule has 3 rings (SSSR count). The van der Waals surface area contributed by atoms with Crippen LogP contribution in [0.25, 0.3) is 0 Å². The Morgan fingerprint density at radius 2 is 1.63 bits per heavy atom. The largest absolute Gasteiger partial charge is 0.465 e. The topological polar surface area (TPSA) is 43.4 Å². The molecule has 4 heteroatoms. The lowest BCUT2D eigenvalue weighted by Crippen LogP contribution is -2.11. The first kappa shape index (κ1) is 19.6. The predicted octanol–water partition coefficient (Wildman–Crippen LogP) is 5.61. The van der Waals surface area contributed by atoms with E-state index in [1.165, 1.54) is 44.8 Å². The van der Waals surface area contributed by atoms with Crippen LogP contribution in [0.3, 0.4) is 0 Å². The summed E-state index contributed by atoms with van der Waals surface area (Å²) in [7, 11) is 1.36. The zero-order valence-corrected chi connectivity index (χ0v) is 16.4. The molecule has 1 saturated carbocycles. The Morgan fingerprint density at radius 3 is 2.19 bits per heavy atom. The van der Waals surface area contributed by atoms with E-state index in [2.05, 4.69) is 12.1 Å². The predicted molar refractivity (Wildman–Crippen MR) is 107 cm³/mol. The van der Waals surface area contributed by atoms with Gasteiger partial charge in [-0.2, -0.15) is 0 Å². The first-order chi connectivity index (χ1) is 13.1. The molecule has 0 aliphatic heterocycles. The van der Waals surface area contributed by atoms with Crippen molar-refractivity contribution >= 4 is 22.8 Å². The van der Waals surface area contributed by atoms with E-state index in [1.807, 2.05) is 24.3 Å². The maximum absolute atomic E-state index is 12.0. The van der Waals surface area contributed by atoms with Crippen molar-refractivity contribution in [3.8, 4) is 0 Å². The minimum atomic E-state index is -0.393. The van der Waals surface area contributed by atoms with E-state index in [1.54, 1.807) is 12.1 Å². The fraction of sp³-hybridized carbons (Fsp3) is 0.391. The molecule has 1 fully saturated rings. The Balaban J connectivity index is 1.73. The molecule has 0 bridgehead atoms. The van der Waals surface area contributed by atoms with E-state index in [4.69, 9.17) is 16.3 Å². The lowest BCUT2D eigenvalue weighted by molar-refractivity contribution is -0.113. The second-order valence-electron chi connectivity index (χ2n) is 7.25. The first-order valence-corrected chi connectivity index (χ1v) is 9.92. The van der Waals surface area contributed by atoms with Gasteiger partial charge in [-0.15, -0.1) is 0 Å². The highest BCUT2D eigenvalue weighted by Crippen LogP contribution is 2.33. The molecule has 2 aromatic carbocycles. The van der Waals surface area contributed by atoms with Crippen molar-refractivity contribution in [3.05, 3.63) is 70.8 Å². The molecule has 0 N–H and O–H groups in total. The fourth-order valence-corrected chi connectivity index (χ4v) is 4.10. The molecule has 0 radical (unpaired) electrons. The Bertz CT molecular complexity index is 774. The van der Waals surface area contributed by atoms with Crippen molar-refractivity contribution in [1.82, 2.24) is 0 Å². The molecule has 1 unspecified atom stereocenters. The summed E-state index contributed by atoms with van der Waals surface area (Å²) in [6, 6.07) is 15.5. The van der Waals surface area contributed by atoms with Gasteiger partial charge in [0.15, 0.2) is 0 Å². The van der Waals surface area contributed by atoms with Gasteiger partial charge >= 0.3 is 5.97 Å². The van der Waals surface area contributed by atoms with Crippen LogP contribution in [0.15, 0.2) is 48.5 Å². The number of hydrogen-bond acceptors (Lipinski definition) is 3. The zero-order chi connectivity index (χ0) is 19.2.